The van der Waals surface area contributed by atoms with Crippen LogP contribution in [0.15, 0.2) is 35.3 Å². The average molecular weight is 380 g/mol. The number of fused-ring (bicyclic) bond motifs is 3. The Hall–Kier alpha value is -2.81. The van der Waals surface area contributed by atoms with Crippen LogP contribution in [-0.2, 0) is 7.05 Å². The normalized spacial score (nSPS) is 13.2. The minimum Gasteiger partial charge on any atom is -0.492 e. The fourth-order valence-electron chi connectivity index (χ4n) is 2.95. The molecular weight excluding hydrogens is 361 g/mol. The number of anilines is 1. The van der Waals surface area contributed by atoms with Crippen LogP contribution in [-0.4, -0.2) is 28.4 Å². The van der Waals surface area contributed by atoms with Gasteiger partial charge in [0.05, 0.1) is 10.9 Å². The summed E-state index contributed by atoms with van der Waals surface area (Å²) in [7, 11) is 1.61. The summed E-state index contributed by atoms with van der Waals surface area (Å²) in [6, 6.07) is 6.08. The number of halogens is 3. The molecule has 0 fully saturated rings. The smallest absolute Gasteiger partial charge is 0.389 e. The average Bonchev–Trinajstić information content (AvgIpc) is 2.62. The van der Waals surface area contributed by atoms with Crippen molar-refractivity contribution in [1.29, 1.82) is 0 Å². The minimum atomic E-state index is -4.24. The van der Waals surface area contributed by atoms with Gasteiger partial charge in [0, 0.05) is 42.5 Å². The summed E-state index contributed by atoms with van der Waals surface area (Å²) in [5, 5.41) is 1.80. The van der Waals surface area contributed by atoms with Crippen LogP contribution in [0, 0.1) is 0 Å². The van der Waals surface area contributed by atoms with Gasteiger partial charge in [-0.05, 0) is 24.6 Å². The Balaban J connectivity index is 1.89. The zero-order valence-electron chi connectivity index (χ0n) is 14.6. The number of benzene rings is 1. The predicted octanol–water partition coefficient (Wildman–Crippen LogP) is 2.72. The third-order valence-corrected chi connectivity index (χ3v) is 4.38. The Bertz CT molecular complexity index is 1050. The molecule has 1 unspecified atom stereocenters. The maximum Gasteiger partial charge on any atom is 0.389 e. The van der Waals surface area contributed by atoms with Crippen LogP contribution in [0.2, 0.25) is 0 Å². The van der Waals surface area contributed by atoms with Gasteiger partial charge in [-0.25, -0.2) is 4.98 Å². The number of aryl methyl sites for hydroxylation is 1. The van der Waals surface area contributed by atoms with Gasteiger partial charge in [-0.2, -0.15) is 13.2 Å². The Kier molecular flexibility index (Phi) is 4.97. The minimum absolute atomic E-state index is 0.0556. The molecule has 27 heavy (non-hydrogen) atoms. The molecule has 0 amide bonds. The van der Waals surface area contributed by atoms with E-state index in [9.17, 15) is 18.0 Å². The number of ether oxygens (including phenoxy) is 1. The van der Waals surface area contributed by atoms with Crippen LogP contribution in [0.1, 0.15) is 12.8 Å². The third kappa shape index (κ3) is 3.97. The first-order valence-electron chi connectivity index (χ1n) is 8.29. The quantitative estimate of drug-likeness (QED) is 0.664. The SMILES string of the molecule is Cn1c(=O)c2c(N)nccc2c2ccc(OCC(N)CCC(F)(F)F)cc21. The van der Waals surface area contributed by atoms with Crippen LogP contribution in [0.5, 0.6) is 5.75 Å². The number of aromatic nitrogens is 2. The van der Waals surface area contributed by atoms with E-state index in [2.05, 4.69) is 4.98 Å². The number of alkyl halides is 3. The van der Waals surface area contributed by atoms with Crippen LogP contribution in [0.4, 0.5) is 19.0 Å². The maximum atomic E-state index is 12.6. The van der Waals surface area contributed by atoms with Crippen molar-refractivity contribution in [2.45, 2.75) is 25.1 Å². The van der Waals surface area contributed by atoms with Gasteiger partial charge < -0.3 is 20.8 Å². The molecule has 0 saturated heterocycles. The lowest BCUT2D eigenvalue weighted by atomic mass is 10.1. The van der Waals surface area contributed by atoms with Gasteiger partial charge in [-0.3, -0.25) is 4.79 Å². The lowest BCUT2D eigenvalue weighted by Crippen LogP contribution is -2.29. The lowest BCUT2D eigenvalue weighted by molar-refractivity contribution is -0.136. The molecular formula is C18H19F3N4O2. The van der Waals surface area contributed by atoms with Crippen molar-refractivity contribution >= 4 is 27.5 Å². The molecule has 4 N–H and O–H groups in total. The summed E-state index contributed by atoms with van der Waals surface area (Å²) < 4.78 is 43.7. The third-order valence-electron chi connectivity index (χ3n) is 4.38. The van der Waals surface area contributed by atoms with E-state index in [1.54, 1.807) is 31.3 Å². The van der Waals surface area contributed by atoms with E-state index in [1.807, 2.05) is 0 Å². The number of hydrogen-bond acceptors (Lipinski definition) is 5. The van der Waals surface area contributed by atoms with E-state index >= 15 is 0 Å². The predicted molar refractivity (Wildman–Crippen MR) is 97.7 cm³/mol. The molecule has 3 rings (SSSR count). The second-order valence-corrected chi connectivity index (χ2v) is 6.39. The Morgan fingerprint density at radius 2 is 2.00 bits per heavy atom. The Morgan fingerprint density at radius 3 is 2.70 bits per heavy atom. The molecule has 2 aromatic heterocycles. The molecule has 0 bridgehead atoms. The summed E-state index contributed by atoms with van der Waals surface area (Å²) in [6.07, 6.45) is -3.88. The first-order chi connectivity index (χ1) is 12.7. The zero-order valence-corrected chi connectivity index (χ0v) is 14.6. The van der Waals surface area contributed by atoms with Crippen molar-refractivity contribution in [2.75, 3.05) is 12.3 Å². The van der Waals surface area contributed by atoms with E-state index in [-0.39, 0.29) is 24.4 Å². The highest BCUT2D eigenvalue weighted by atomic mass is 19.4. The molecule has 0 aliphatic rings. The molecule has 0 aliphatic carbocycles. The highest BCUT2D eigenvalue weighted by molar-refractivity contribution is 6.08. The van der Waals surface area contributed by atoms with E-state index in [1.165, 1.54) is 10.8 Å². The van der Waals surface area contributed by atoms with Crippen molar-refractivity contribution in [3.63, 3.8) is 0 Å². The Labute approximate surface area is 152 Å². The first kappa shape index (κ1) is 19.0. The van der Waals surface area contributed by atoms with Crippen molar-refractivity contribution in [3.05, 3.63) is 40.8 Å². The summed E-state index contributed by atoms with van der Waals surface area (Å²) in [5.74, 6) is 0.576. The van der Waals surface area contributed by atoms with Crippen LogP contribution < -0.4 is 21.8 Å². The highest BCUT2D eigenvalue weighted by Crippen LogP contribution is 2.28. The standard InChI is InChI=1S/C18H19F3N4O2/c1-25-14-8-11(27-9-10(22)4-6-18(19,20)21)2-3-12(14)13-5-7-24-16(23)15(13)17(25)26/h2-3,5,7-8,10H,4,6,9,22H2,1H3,(H2,23,24). The topological polar surface area (TPSA) is 96.2 Å². The molecule has 1 aromatic carbocycles. The van der Waals surface area contributed by atoms with Gasteiger partial charge in [0.15, 0.2) is 0 Å². The van der Waals surface area contributed by atoms with Gasteiger partial charge in [0.1, 0.15) is 18.2 Å². The van der Waals surface area contributed by atoms with Crippen molar-refractivity contribution in [3.8, 4) is 5.75 Å². The molecule has 2 heterocycles. The number of hydrogen-bond donors (Lipinski definition) is 2. The van der Waals surface area contributed by atoms with Gasteiger partial charge in [0.2, 0.25) is 0 Å². The summed E-state index contributed by atoms with van der Waals surface area (Å²) in [4.78, 5) is 16.6. The van der Waals surface area contributed by atoms with Crippen molar-refractivity contribution < 1.29 is 17.9 Å². The summed E-state index contributed by atoms with van der Waals surface area (Å²) in [5.41, 5.74) is 11.9. The largest absolute Gasteiger partial charge is 0.492 e. The molecule has 6 nitrogen and oxygen atoms in total. The molecule has 144 valence electrons. The van der Waals surface area contributed by atoms with Crippen LogP contribution >= 0.6 is 0 Å². The van der Waals surface area contributed by atoms with E-state index < -0.39 is 18.6 Å². The number of rotatable bonds is 5. The second kappa shape index (κ2) is 7.07. The molecule has 1 atom stereocenters. The number of nitrogens with two attached hydrogens (primary N) is 2. The Morgan fingerprint density at radius 1 is 1.26 bits per heavy atom. The molecule has 0 saturated carbocycles. The van der Waals surface area contributed by atoms with Crippen molar-refractivity contribution in [2.24, 2.45) is 12.8 Å². The first-order valence-corrected chi connectivity index (χ1v) is 8.29. The number of nitrogen functional groups attached to an aromatic ring is 1. The highest BCUT2D eigenvalue weighted by Gasteiger charge is 2.27. The van der Waals surface area contributed by atoms with Gasteiger partial charge in [0.25, 0.3) is 5.56 Å². The van der Waals surface area contributed by atoms with Crippen molar-refractivity contribution in [1.82, 2.24) is 9.55 Å². The fourth-order valence-corrected chi connectivity index (χ4v) is 2.95. The van der Waals surface area contributed by atoms with E-state index in [4.69, 9.17) is 16.2 Å². The molecule has 0 radical (unpaired) electrons. The second-order valence-electron chi connectivity index (χ2n) is 6.39. The number of nitrogens with zero attached hydrogens (tertiary/aromatic N) is 2. The number of pyridine rings is 2. The molecule has 0 aliphatic heterocycles. The van der Waals surface area contributed by atoms with Crippen LogP contribution in [0.25, 0.3) is 21.7 Å². The van der Waals surface area contributed by atoms with E-state index in [0.717, 1.165) is 5.39 Å². The summed E-state index contributed by atoms with van der Waals surface area (Å²) >= 11 is 0. The zero-order chi connectivity index (χ0) is 19.8. The van der Waals surface area contributed by atoms with Crippen LogP contribution in [0.3, 0.4) is 0 Å². The fraction of sp³-hybridized carbons (Fsp3) is 0.333. The summed E-state index contributed by atoms with van der Waals surface area (Å²) in [6.45, 7) is -0.0556. The maximum absolute atomic E-state index is 12.6. The molecule has 0 spiro atoms. The van der Waals surface area contributed by atoms with Gasteiger partial charge in [-0.15, -0.1) is 0 Å². The molecule has 9 heteroatoms. The lowest BCUT2D eigenvalue weighted by Gasteiger charge is -2.15. The molecule has 3 aromatic rings. The van der Waals surface area contributed by atoms with Gasteiger partial charge in [-0.1, -0.05) is 0 Å². The van der Waals surface area contributed by atoms with E-state index in [0.29, 0.717) is 22.0 Å². The monoisotopic (exact) mass is 380 g/mol. The van der Waals surface area contributed by atoms with Gasteiger partial charge >= 0.3 is 6.18 Å².